The van der Waals surface area contributed by atoms with Gasteiger partial charge in [-0.1, -0.05) is 24.3 Å². The van der Waals surface area contributed by atoms with Crippen molar-refractivity contribution < 1.29 is 19.1 Å². The molecule has 3 amide bonds. The Bertz CT molecular complexity index is 1090. The summed E-state index contributed by atoms with van der Waals surface area (Å²) in [7, 11) is 1.36. The van der Waals surface area contributed by atoms with Gasteiger partial charge in [0.2, 0.25) is 6.10 Å². The first-order chi connectivity index (χ1) is 13.9. The molecule has 29 heavy (non-hydrogen) atoms. The Morgan fingerprint density at radius 2 is 1.90 bits per heavy atom. The largest absolute Gasteiger partial charge is 0.431 e. The number of nitrogens with two attached hydrogens (primary N) is 1. The fourth-order valence-electron chi connectivity index (χ4n) is 2.97. The number of rotatable bonds is 4. The van der Waals surface area contributed by atoms with Crippen molar-refractivity contribution in [3.8, 4) is 10.4 Å². The second-order valence-corrected chi connectivity index (χ2v) is 7.46. The lowest BCUT2D eigenvalue weighted by Crippen LogP contribution is -2.24. The van der Waals surface area contributed by atoms with E-state index in [2.05, 4.69) is 5.32 Å². The number of hydrogen-bond acceptors (Lipinski definition) is 6. The van der Waals surface area contributed by atoms with Gasteiger partial charge in [-0.2, -0.15) is 0 Å². The first kappa shape index (κ1) is 18.7. The van der Waals surface area contributed by atoms with Crippen molar-refractivity contribution in [2.45, 2.75) is 6.10 Å². The minimum Gasteiger partial charge on any atom is -0.431 e. The summed E-state index contributed by atoms with van der Waals surface area (Å²) in [6, 6.07) is 15.8. The zero-order valence-corrected chi connectivity index (χ0v) is 16.2. The first-order valence-corrected chi connectivity index (χ1v) is 9.65. The third-order valence-corrected chi connectivity index (χ3v) is 5.55. The zero-order valence-electron chi connectivity index (χ0n) is 15.4. The average Bonchev–Trinajstić information content (AvgIpc) is 3.35. The van der Waals surface area contributed by atoms with Gasteiger partial charge < -0.3 is 15.8 Å². The SMILES string of the molecule is CN1C(=O)OC(c2ccc(C(=O)Nc3cc(-c4cccs4)ccc3N)cc2)C1=O. The zero-order chi connectivity index (χ0) is 20.5. The summed E-state index contributed by atoms with van der Waals surface area (Å²) in [4.78, 5) is 38.2. The highest BCUT2D eigenvalue weighted by Crippen LogP contribution is 2.31. The van der Waals surface area contributed by atoms with Crippen molar-refractivity contribution in [2.24, 2.45) is 0 Å². The van der Waals surface area contributed by atoms with Crippen LogP contribution >= 0.6 is 11.3 Å². The van der Waals surface area contributed by atoms with Gasteiger partial charge >= 0.3 is 6.09 Å². The van der Waals surface area contributed by atoms with Crippen molar-refractivity contribution in [3.05, 3.63) is 71.1 Å². The molecule has 7 nitrogen and oxygen atoms in total. The third kappa shape index (κ3) is 3.57. The number of amides is 3. The maximum atomic E-state index is 12.6. The quantitative estimate of drug-likeness (QED) is 0.639. The lowest BCUT2D eigenvalue weighted by Gasteiger charge is -2.11. The summed E-state index contributed by atoms with van der Waals surface area (Å²) in [5.41, 5.74) is 8.85. The highest BCUT2D eigenvalue weighted by Gasteiger charge is 2.39. The number of nitrogens with one attached hydrogen (secondary N) is 1. The van der Waals surface area contributed by atoms with E-state index in [4.69, 9.17) is 10.5 Å². The van der Waals surface area contributed by atoms with E-state index in [-0.39, 0.29) is 5.91 Å². The van der Waals surface area contributed by atoms with Crippen molar-refractivity contribution >= 4 is 40.6 Å². The molecule has 1 fully saturated rings. The predicted molar refractivity (Wildman–Crippen MR) is 111 cm³/mol. The number of imide groups is 1. The number of benzene rings is 2. The number of hydrogen-bond donors (Lipinski definition) is 2. The summed E-state index contributed by atoms with van der Waals surface area (Å²) in [6.07, 6.45) is -1.68. The van der Waals surface area contributed by atoms with Crippen LogP contribution in [0.3, 0.4) is 0 Å². The Balaban J connectivity index is 1.52. The first-order valence-electron chi connectivity index (χ1n) is 8.77. The van der Waals surface area contributed by atoms with E-state index in [0.717, 1.165) is 15.3 Å². The van der Waals surface area contributed by atoms with Crippen LogP contribution < -0.4 is 11.1 Å². The lowest BCUT2D eigenvalue weighted by atomic mass is 10.1. The van der Waals surface area contributed by atoms with Crippen LogP contribution in [0.25, 0.3) is 10.4 Å². The van der Waals surface area contributed by atoms with E-state index in [1.165, 1.54) is 7.05 Å². The van der Waals surface area contributed by atoms with Crippen LogP contribution in [0.4, 0.5) is 16.2 Å². The molecular formula is C21H17N3O4S. The number of ether oxygens (including phenoxy) is 1. The van der Waals surface area contributed by atoms with Gasteiger partial charge in [0, 0.05) is 23.1 Å². The summed E-state index contributed by atoms with van der Waals surface area (Å²) in [5, 5.41) is 4.80. The molecule has 1 unspecified atom stereocenters. The van der Waals surface area contributed by atoms with Crippen LogP contribution in [0.1, 0.15) is 22.0 Å². The number of carbonyl (C=O) groups is 3. The molecule has 0 aliphatic carbocycles. The smallest absolute Gasteiger partial charge is 0.417 e. The molecule has 0 saturated carbocycles. The molecule has 4 rings (SSSR count). The van der Waals surface area contributed by atoms with Gasteiger partial charge in [0.25, 0.3) is 11.8 Å². The Hall–Kier alpha value is -3.65. The average molecular weight is 407 g/mol. The molecule has 1 aliphatic heterocycles. The number of anilines is 2. The van der Waals surface area contributed by atoms with Crippen molar-refractivity contribution in [1.29, 1.82) is 0 Å². The van der Waals surface area contributed by atoms with Crippen LogP contribution in [-0.4, -0.2) is 29.9 Å². The molecule has 3 N–H and O–H groups in total. The van der Waals surface area contributed by atoms with E-state index in [9.17, 15) is 14.4 Å². The molecule has 2 heterocycles. The van der Waals surface area contributed by atoms with Gasteiger partial charge in [0.15, 0.2) is 0 Å². The number of cyclic esters (lactones) is 1. The van der Waals surface area contributed by atoms with Gasteiger partial charge in [0.1, 0.15) is 0 Å². The van der Waals surface area contributed by atoms with E-state index >= 15 is 0 Å². The van der Waals surface area contributed by atoms with Crippen LogP contribution in [0.5, 0.6) is 0 Å². The molecule has 1 atom stereocenters. The number of carbonyl (C=O) groups excluding carboxylic acids is 3. The molecule has 146 valence electrons. The Morgan fingerprint density at radius 1 is 1.14 bits per heavy atom. The number of nitrogens with zero attached hydrogens (tertiary/aromatic N) is 1. The van der Waals surface area contributed by atoms with Gasteiger partial charge in [-0.3, -0.25) is 9.59 Å². The van der Waals surface area contributed by atoms with Gasteiger partial charge in [0.05, 0.1) is 11.4 Å². The third-order valence-electron chi connectivity index (χ3n) is 4.63. The number of likely N-dealkylation sites (N-methyl/N-ethyl adjacent to an activating group) is 1. The molecule has 1 saturated heterocycles. The van der Waals surface area contributed by atoms with E-state index in [1.807, 2.05) is 29.6 Å². The predicted octanol–water partition coefficient (Wildman–Crippen LogP) is 3.90. The molecule has 0 radical (unpaired) electrons. The summed E-state index contributed by atoms with van der Waals surface area (Å²) in [6.45, 7) is 0. The fraction of sp³-hybridized carbons (Fsp3) is 0.0952. The second kappa shape index (κ2) is 7.40. The maximum absolute atomic E-state index is 12.6. The van der Waals surface area contributed by atoms with Crippen LogP contribution in [-0.2, 0) is 9.53 Å². The molecule has 0 spiro atoms. The van der Waals surface area contributed by atoms with Gasteiger partial charge in [-0.25, -0.2) is 9.69 Å². The van der Waals surface area contributed by atoms with Crippen LogP contribution in [0.2, 0.25) is 0 Å². The van der Waals surface area contributed by atoms with Crippen molar-refractivity contribution in [2.75, 3.05) is 18.1 Å². The lowest BCUT2D eigenvalue weighted by molar-refractivity contribution is -0.129. The van der Waals surface area contributed by atoms with E-state index in [1.54, 1.807) is 41.7 Å². The maximum Gasteiger partial charge on any atom is 0.417 e. The highest BCUT2D eigenvalue weighted by molar-refractivity contribution is 7.13. The summed E-state index contributed by atoms with van der Waals surface area (Å²) < 4.78 is 5.05. The van der Waals surface area contributed by atoms with Crippen LogP contribution in [0.15, 0.2) is 60.0 Å². The van der Waals surface area contributed by atoms with E-state index in [0.29, 0.717) is 22.5 Å². The molecule has 8 heteroatoms. The molecule has 2 aromatic carbocycles. The molecule has 0 bridgehead atoms. The summed E-state index contributed by atoms with van der Waals surface area (Å²) >= 11 is 1.60. The van der Waals surface area contributed by atoms with Crippen LogP contribution in [0, 0.1) is 0 Å². The van der Waals surface area contributed by atoms with Crippen molar-refractivity contribution in [3.63, 3.8) is 0 Å². The molecule has 1 aliphatic rings. The van der Waals surface area contributed by atoms with Gasteiger partial charge in [-0.15, -0.1) is 11.3 Å². The Labute approximate surface area is 170 Å². The van der Waals surface area contributed by atoms with Crippen molar-refractivity contribution in [1.82, 2.24) is 4.90 Å². The molecule has 1 aromatic heterocycles. The Kier molecular flexibility index (Phi) is 4.77. The summed E-state index contributed by atoms with van der Waals surface area (Å²) in [5.74, 6) is -0.774. The minimum absolute atomic E-state index is 0.335. The Morgan fingerprint density at radius 3 is 2.52 bits per heavy atom. The second-order valence-electron chi connectivity index (χ2n) is 6.52. The topological polar surface area (TPSA) is 102 Å². The monoisotopic (exact) mass is 407 g/mol. The normalized spacial score (nSPS) is 16.0. The molecule has 3 aromatic rings. The minimum atomic E-state index is -0.984. The van der Waals surface area contributed by atoms with Gasteiger partial charge in [-0.05, 0) is 41.3 Å². The standard InChI is InChI=1S/C21H17N3O4S/c1-24-20(26)18(28-21(24)27)12-4-6-13(7-5-12)19(25)23-16-11-14(8-9-15(16)22)17-3-2-10-29-17/h2-11,18H,22H2,1H3,(H,23,25). The molecular weight excluding hydrogens is 390 g/mol. The van der Waals surface area contributed by atoms with E-state index < -0.39 is 18.1 Å². The fourth-order valence-corrected chi connectivity index (χ4v) is 3.70. The number of thiophene rings is 1. The highest BCUT2D eigenvalue weighted by atomic mass is 32.1. The number of nitrogen functional groups attached to an aromatic ring is 1.